The zero-order valence-electron chi connectivity index (χ0n) is 7.87. The van der Waals surface area contributed by atoms with E-state index >= 15 is 0 Å². The van der Waals surface area contributed by atoms with Gasteiger partial charge in [-0.2, -0.15) is 9.97 Å². The predicted octanol–water partition coefficient (Wildman–Crippen LogP) is 1.83. The van der Waals surface area contributed by atoms with Crippen LogP contribution in [0.1, 0.15) is 0 Å². The topological polar surface area (TPSA) is 84.7 Å². The summed E-state index contributed by atoms with van der Waals surface area (Å²) in [5.41, 5.74) is 5.51. The summed E-state index contributed by atoms with van der Waals surface area (Å²) in [5, 5.41) is 0.524. The summed E-state index contributed by atoms with van der Waals surface area (Å²) in [6, 6.07) is 5.19. The molecular weight excluding hydrogens is 295 g/mol. The smallest absolute Gasteiger partial charge is 0.349 e. The summed E-state index contributed by atoms with van der Waals surface area (Å²) in [6.07, 6.45) is 0. The van der Waals surface area contributed by atoms with Gasteiger partial charge in [0.25, 0.3) is 0 Å². The lowest BCUT2D eigenvalue weighted by molar-refractivity contribution is 1.01. The Labute approximate surface area is 104 Å². The van der Waals surface area contributed by atoms with Gasteiger partial charge in [0.05, 0.1) is 5.02 Å². The Morgan fingerprint density at radius 2 is 2.12 bits per heavy atom. The molecule has 0 radical (unpaired) electrons. The Morgan fingerprint density at radius 1 is 1.38 bits per heavy atom. The van der Waals surface area contributed by atoms with E-state index in [0.717, 1.165) is 4.47 Å². The van der Waals surface area contributed by atoms with Crippen molar-refractivity contribution in [1.29, 1.82) is 0 Å². The normalized spacial score (nSPS) is 10.4. The van der Waals surface area contributed by atoms with Crippen molar-refractivity contribution in [2.75, 3.05) is 5.73 Å². The number of nitrogens with zero attached hydrogens (tertiary/aromatic N) is 2. The van der Waals surface area contributed by atoms with Crippen molar-refractivity contribution in [1.82, 2.24) is 15.0 Å². The summed E-state index contributed by atoms with van der Waals surface area (Å²) >= 11 is 9.20. The lowest BCUT2D eigenvalue weighted by Gasteiger charge is -2.02. The minimum Gasteiger partial charge on any atom is -0.368 e. The Hall–Kier alpha value is -1.40. The molecule has 1 aromatic carbocycles. The molecule has 2 aromatic rings. The lowest BCUT2D eigenvalue weighted by Crippen LogP contribution is -2.15. The third-order valence-corrected chi connectivity index (χ3v) is 3.09. The molecule has 0 fully saturated rings. The number of nitrogen functional groups attached to an aromatic ring is 1. The van der Waals surface area contributed by atoms with Crippen LogP contribution in [-0.2, 0) is 0 Å². The van der Waals surface area contributed by atoms with E-state index in [2.05, 4.69) is 30.9 Å². The second-order valence-corrected chi connectivity index (χ2v) is 4.25. The highest BCUT2D eigenvalue weighted by Gasteiger charge is 2.05. The van der Waals surface area contributed by atoms with Gasteiger partial charge in [-0.1, -0.05) is 17.7 Å². The number of nitrogens with one attached hydrogen (secondary N) is 1. The number of rotatable bonds is 1. The van der Waals surface area contributed by atoms with Gasteiger partial charge in [0.15, 0.2) is 0 Å². The Bertz CT molecular complexity index is 598. The summed E-state index contributed by atoms with van der Waals surface area (Å²) in [5.74, 6) is 0.268. The standard InChI is InChI=1S/C9H6BrClN4O/c10-5-2-1-4(3-6(5)11)7-13-8(12)15-9(16)14-7/h1-3H,(H3,12,13,14,15,16). The second-order valence-electron chi connectivity index (χ2n) is 2.99. The molecule has 82 valence electrons. The van der Waals surface area contributed by atoms with Crippen molar-refractivity contribution in [3.8, 4) is 11.4 Å². The summed E-state index contributed by atoms with van der Waals surface area (Å²) < 4.78 is 0.766. The predicted molar refractivity (Wildman–Crippen MR) is 65.2 cm³/mol. The summed E-state index contributed by atoms with van der Waals surface area (Å²) in [7, 11) is 0. The molecule has 2 rings (SSSR count). The number of hydrogen-bond acceptors (Lipinski definition) is 4. The van der Waals surface area contributed by atoms with Crippen LogP contribution >= 0.6 is 27.5 Å². The van der Waals surface area contributed by atoms with Crippen molar-refractivity contribution in [2.45, 2.75) is 0 Å². The minimum absolute atomic E-state index is 0.0715. The maximum Gasteiger partial charge on any atom is 0.349 e. The van der Waals surface area contributed by atoms with E-state index < -0.39 is 5.69 Å². The third kappa shape index (κ3) is 2.23. The number of H-pyrrole nitrogens is 1. The average Bonchev–Trinajstić information content (AvgIpc) is 2.20. The van der Waals surface area contributed by atoms with Crippen LogP contribution in [-0.4, -0.2) is 15.0 Å². The molecule has 1 aromatic heterocycles. The van der Waals surface area contributed by atoms with Crippen molar-refractivity contribution in [2.24, 2.45) is 0 Å². The molecule has 1 heterocycles. The number of aromatic amines is 1. The molecular formula is C9H6BrClN4O. The van der Waals surface area contributed by atoms with Gasteiger partial charge in [0.1, 0.15) is 5.82 Å². The Balaban J connectivity index is 2.58. The van der Waals surface area contributed by atoms with Crippen molar-refractivity contribution in [3.63, 3.8) is 0 Å². The molecule has 0 amide bonds. The first-order chi connectivity index (χ1) is 7.56. The lowest BCUT2D eigenvalue weighted by atomic mass is 10.2. The van der Waals surface area contributed by atoms with E-state index in [0.29, 0.717) is 16.4 Å². The summed E-state index contributed by atoms with van der Waals surface area (Å²) in [4.78, 5) is 20.9. The Morgan fingerprint density at radius 3 is 2.75 bits per heavy atom. The average molecular weight is 302 g/mol. The van der Waals surface area contributed by atoms with E-state index in [4.69, 9.17) is 17.3 Å². The largest absolute Gasteiger partial charge is 0.368 e. The van der Waals surface area contributed by atoms with Crippen molar-refractivity contribution < 1.29 is 0 Å². The van der Waals surface area contributed by atoms with Crippen molar-refractivity contribution in [3.05, 3.63) is 38.2 Å². The number of anilines is 1. The van der Waals surface area contributed by atoms with Crippen LogP contribution in [0.25, 0.3) is 11.4 Å². The van der Waals surface area contributed by atoms with Gasteiger partial charge < -0.3 is 5.73 Å². The third-order valence-electron chi connectivity index (χ3n) is 1.86. The molecule has 0 aliphatic carbocycles. The Kier molecular flexibility index (Phi) is 2.93. The monoisotopic (exact) mass is 300 g/mol. The van der Waals surface area contributed by atoms with Gasteiger partial charge in [-0.25, -0.2) is 4.79 Å². The first-order valence-corrected chi connectivity index (χ1v) is 5.42. The van der Waals surface area contributed by atoms with Crippen LogP contribution in [0, 0.1) is 0 Å². The number of hydrogen-bond donors (Lipinski definition) is 2. The molecule has 3 N–H and O–H groups in total. The molecule has 0 aliphatic rings. The molecule has 0 aliphatic heterocycles. The van der Waals surface area contributed by atoms with E-state index in [9.17, 15) is 4.79 Å². The van der Waals surface area contributed by atoms with E-state index in [1.807, 2.05) is 0 Å². The van der Waals surface area contributed by atoms with E-state index in [1.54, 1.807) is 18.2 Å². The quantitative estimate of drug-likeness (QED) is 0.841. The van der Waals surface area contributed by atoms with Crippen molar-refractivity contribution >= 4 is 33.5 Å². The van der Waals surface area contributed by atoms with Gasteiger partial charge in [-0.15, -0.1) is 0 Å². The van der Waals surface area contributed by atoms with Crippen LogP contribution in [0.2, 0.25) is 5.02 Å². The van der Waals surface area contributed by atoms with E-state index in [-0.39, 0.29) is 5.95 Å². The maximum absolute atomic E-state index is 11.1. The molecule has 7 heteroatoms. The summed E-state index contributed by atoms with van der Waals surface area (Å²) in [6.45, 7) is 0. The van der Waals surface area contributed by atoms with Gasteiger partial charge in [0, 0.05) is 10.0 Å². The van der Waals surface area contributed by atoms with Crippen LogP contribution in [0.15, 0.2) is 27.5 Å². The molecule has 5 nitrogen and oxygen atoms in total. The maximum atomic E-state index is 11.1. The first-order valence-electron chi connectivity index (χ1n) is 4.25. The molecule has 0 unspecified atom stereocenters. The number of halogens is 2. The van der Waals surface area contributed by atoms with Crippen LogP contribution in [0.3, 0.4) is 0 Å². The second kappa shape index (κ2) is 4.23. The highest BCUT2D eigenvalue weighted by atomic mass is 79.9. The molecule has 0 spiro atoms. The fourth-order valence-corrected chi connectivity index (χ4v) is 1.61. The van der Waals surface area contributed by atoms with Gasteiger partial charge >= 0.3 is 5.69 Å². The zero-order chi connectivity index (χ0) is 11.7. The van der Waals surface area contributed by atoms with Crippen LogP contribution in [0.4, 0.5) is 5.95 Å². The number of aromatic nitrogens is 3. The molecule has 16 heavy (non-hydrogen) atoms. The fourth-order valence-electron chi connectivity index (χ4n) is 1.18. The SMILES string of the molecule is Nc1nc(-c2ccc(Br)c(Cl)c2)[nH]c(=O)n1. The first kappa shape index (κ1) is 11.1. The molecule has 0 atom stereocenters. The highest BCUT2D eigenvalue weighted by Crippen LogP contribution is 2.26. The molecule has 0 saturated carbocycles. The van der Waals surface area contributed by atoms with Gasteiger partial charge in [-0.05, 0) is 28.1 Å². The van der Waals surface area contributed by atoms with Gasteiger partial charge in [-0.3, -0.25) is 4.98 Å². The number of nitrogens with two attached hydrogens (primary N) is 1. The van der Waals surface area contributed by atoms with Crippen LogP contribution in [0.5, 0.6) is 0 Å². The molecule has 0 saturated heterocycles. The highest BCUT2D eigenvalue weighted by molar-refractivity contribution is 9.10. The fraction of sp³-hybridized carbons (Fsp3) is 0. The minimum atomic E-state index is -0.540. The van der Waals surface area contributed by atoms with Crippen LogP contribution < -0.4 is 11.4 Å². The van der Waals surface area contributed by atoms with Gasteiger partial charge in [0.2, 0.25) is 5.95 Å². The van der Waals surface area contributed by atoms with E-state index in [1.165, 1.54) is 0 Å². The number of benzene rings is 1. The zero-order valence-corrected chi connectivity index (χ0v) is 10.2. The molecule has 0 bridgehead atoms.